The van der Waals surface area contributed by atoms with Gasteiger partial charge in [-0.05, 0) is 31.0 Å². The first kappa shape index (κ1) is 23.2. The minimum Gasteiger partial charge on any atom is -0.464 e. The molecule has 1 aliphatic rings. The monoisotopic (exact) mass is 432 g/mol. The molecule has 0 radical (unpaired) electrons. The van der Waals surface area contributed by atoms with Crippen LogP contribution in [0.2, 0.25) is 0 Å². The van der Waals surface area contributed by atoms with Gasteiger partial charge >= 0.3 is 5.97 Å². The molecule has 8 nitrogen and oxygen atoms in total. The van der Waals surface area contributed by atoms with Crippen molar-refractivity contribution in [2.75, 3.05) is 13.2 Å². The first-order valence-electron chi connectivity index (χ1n) is 10.1. The second-order valence-corrected chi connectivity index (χ2v) is 7.56. The lowest BCUT2D eigenvalue weighted by Gasteiger charge is -2.45. The van der Waals surface area contributed by atoms with Gasteiger partial charge in [0.2, 0.25) is 6.29 Å². The number of aryl methyl sites for hydroxylation is 1. The summed E-state index contributed by atoms with van der Waals surface area (Å²) in [7, 11) is 0. The lowest BCUT2D eigenvalue weighted by atomic mass is 9.86. The van der Waals surface area contributed by atoms with E-state index < -0.39 is 42.8 Å². The van der Waals surface area contributed by atoms with Gasteiger partial charge in [-0.1, -0.05) is 48.0 Å². The van der Waals surface area contributed by atoms with Crippen LogP contribution in [-0.2, 0) is 20.7 Å². The fraction of sp³-hybridized carbons (Fsp3) is 0.435. The first-order valence-corrected chi connectivity index (χ1v) is 10.1. The summed E-state index contributed by atoms with van der Waals surface area (Å²) in [5.41, 5.74) is 0.210. The van der Waals surface area contributed by atoms with Crippen molar-refractivity contribution in [3.63, 3.8) is 0 Å². The molecule has 1 aliphatic heterocycles. The number of hydrogen-bond acceptors (Lipinski definition) is 8. The summed E-state index contributed by atoms with van der Waals surface area (Å²) in [4.78, 5) is 12.5. The number of carbonyl (C=O) groups is 1. The maximum absolute atomic E-state index is 12.5. The Bertz CT molecular complexity index is 883. The molecular formula is C23H28O8. The summed E-state index contributed by atoms with van der Waals surface area (Å²) in [5, 5.41) is 41.2. The van der Waals surface area contributed by atoms with Gasteiger partial charge in [0.25, 0.3) is 5.60 Å². The van der Waals surface area contributed by atoms with Crippen LogP contribution < -0.4 is 4.74 Å². The molecule has 0 bridgehead atoms. The third-order valence-electron chi connectivity index (χ3n) is 5.32. The Morgan fingerprint density at radius 1 is 1.13 bits per heavy atom. The number of rotatable bonds is 7. The Morgan fingerprint density at radius 3 is 2.45 bits per heavy atom. The van der Waals surface area contributed by atoms with Gasteiger partial charge in [0, 0.05) is 6.42 Å². The summed E-state index contributed by atoms with van der Waals surface area (Å²) in [6, 6.07) is 15.0. The van der Waals surface area contributed by atoms with Crippen LogP contribution in [0.25, 0.3) is 0 Å². The van der Waals surface area contributed by atoms with E-state index in [0.29, 0.717) is 12.2 Å². The first-order chi connectivity index (χ1) is 14.8. The molecule has 0 saturated carbocycles. The molecule has 1 saturated heterocycles. The number of aliphatic hydroxyl groups excluding tert-OH is 3. The Hall–Kier alpha value is -2.49. The van der Waals surface area contributed by atoms with E-state index in [0.717, 1.165) is 16.7 Å². The van der Waals surface area contributed by atoms with Gasteiger partial charge in [0.1, 0.15) is 24.1 Å². The quantitative estimate of drug-likeness (QED) is 0.471. The summed E-state index contributed by atoms with van der Waals surface area (Å²) in [6.45, 7) is 2.82. The van der Waals surface area contributed by atoms with Crippen LogP contribution in [-0.4, -0.2) is 69.8 Å². The van der Waals surface area contributed by atoms with Crippen LogP contribution in [0.5, 0.6) is 5.75 Å². The lowest BCUT2D eigenvalue weighted by Crippen LogP contribution is -2.71. The highest BCUT2D eigenvalue weighted by Crippen LogP contribution is 2.34. The van der Waals surface area contributed by atoms with Crippen LogP contribution in [0.4, 0.5) is 0 Å². The van der Waals surface area contributed by atoms with Crippen LogP contribution in [0.1, 0.15) is 23.6 Å². The fourth-order valence-electron chi connectivity index (χ4n) is 3.48. The van der Waals surface area contributed by atoms with Gasteiger partial charge in [0.15, 0.2) is 0 Å². The van der Waals surface area contributed by atoms with Crippen molar-refractivity contribution in [3.05, 3.63) is 65.2 Å². The zero-order chi connectivity index (χ0) is 22.6. The SMILES string of the molecule is CCOC(=O)[C@]1(O)[C@@H](Oc2ccccc2Cc2ccc(C)cc2)O[C@H](CO)[C@@H](O)[C@@H]1O. The fourth-order valence-corrected chi connectivity index (χ4v) is 3.48. The van der Waals surface area contributed by atoms with Crippen molar-refractivity contribution in [1.29, 1.82) is 0 Å². The molecule has 0 spiro atoms. The molecule has 2 aromatic carbocycles. The highest BCUT2D eigenvalue weighted by Gasteiger charge is 2.62. The van der Waals surface area contributed by atoms with Gasteiger partial charge in [0.05, 0.1) is 13.2 Å². The normalized spacial score (nSPS) is 28.2. The molecule has 5 atom stereocenters. The molecule has 1 heterocycles. The maximum Gasteiger partial charge on any atom is 0.347 e. The molecular weight excluding hydrogens is 404 g/mol. The maximum atomic E-state index is 12.5. The number of para-hydroxylation sites is 1. The van der Waals surface area contributed by atoms with E-state index in [1.807, 2.05) is 43.3 Å². The van der Waals surface area contributed by atoms with Crippen LogP contribution in [0.15, 0.2) is 48.5 Å². The molecule has 8 heteroatoms. The summed E-state index contributed by atoms with van der Waals surface area (Å²) >= 11 is 0. The van der Waals surface area contributed by atoms with Crippen molar-refractivity contribution in [2.24, 2.45) is 0 Å². The summed E-state index contributed by atoms with van der Waals surface area (Å²) in [5.74, 6) is -0.880. The number of hydrogen-bond donors (Lipinski definition) is 4. The minimum atomic E-state index is -2.70. The smallest absolute Gasteiger partial charge is 0.347 e. The molecule has 0 aliphatic carbocycles. The Morgan fingerprint density at radius 2 is 1.81 bits per heavy atom. The molecule has 0 aromatic heterocycles. The van der Waals surface area contributed by atoms with Crippen molar-refractivity contribution >= 4 is 5.97 Å². The van der Waals surface area contributed by atoms with Crippen molar-refractivity contribution in [3.8, 4) is 5.75 Å². The van der Waals surface area contributed by atoms with E-state index >= 15 is 0 Å². The Kier molecular flexibility index (Phi) is 7.30. The zero-order valence-electron chi connectivity index (χ0n) is 17.5. The highest BCUT2D eigenvalue weighted by atomic mass is 16.7. The second-order valence-electron chi connectivity index (χ2n) is 7.56. The zero-order valence-corrected chi connectivity index (χ0v) is 17.5. The average Bonchev–Trinajstić information content (AvgIpc) is 2.77. The molecule has 0 unspecified atom stereocenters. The van der Waals surface area contributed by atoms with Crippen LogP contribution in [0.3, 0.4) is 0 Å². The van der Waals surface area contributed by atoms with E-state index in [-0.39, 0.29) is 6.61 Å². The van der Waals surface area contributed by atoms with Crippen LogP contribution >= 0.6 is 0 Å². The average molecular weight is 432 g/mol. The minimum absolute atomic E-state index is 0.0654. The van der Waals surface area contributed by atoms with Crippen LogP contribution in [0, 0.1) is 6.92 Å². The molecule has 31 heavy (non-hydrogen) atoms. The predicted molar refractivity (Wildman–Crippen MR) is 110 cm³/mol. The number of ether oxygens (including phenoxy) is 3. The summed E-state index contributed by atoms with van der Waals surface area (Å²) in [6.07, 6.45) is -6.19. The van der Waals surface area contributed by atoms with Gasteiger partial charge in [-0.15, -0.1) is 0 Å². The molecule has 168 valence electrons. The number of carbonyl (C=O) groups excluding carboxylic acids is 1. The van der Waals surface area contributed by atoms with Gasteiger partial charge in [-0.3, -0.25) is 0 Å². The van der Waals surface area contributed by atoms with Gasteiger partial charge in [-0.25, -0.2) is 4.79 Å². The highest BCUT2D eigenvalue weighted by molar-refractivity contribution is 5.81. The molecule has 4 N–H and O–H groups in total. The Labute approximate surface area is 180 Å². The standard InChI is InChI=1S/C23H28O8/c1-3-29-21(27)23(28)20(26)19(25)18(13-24)31-22(23)30-17-7-5-4-6-16(17)12-15-10-8-14(2)9-11-15/h4-11,18-20,22,24-26,28H,3,12-13H2,1-2H3/t18-,19-,20+,22+,23+/m1/s1. The number of esters is 1. The molecule has 1 fully saturated rings. The van der Waals surface area contributed by atoms with Crippen molar-refractivity contribution < 1.29 is 39.4 Å². The van der Waals surface area contributed by atoms with Gasteiger partial charge in [-0.2, -0.15) is 0 Å². The third kappa shape index (κ3) is 4.73. The van der Waals surface area contributed by atoms with E-state index in [9.17, 15) is 25.2 Å². The largest absolute Gasteiger partial charge is 0.464 e. The van der Waals surface area contributed by atoms with Gasteiger partial charge < -0.3 is 34.6 Å². The van der Waals surface area contributed by atoms with Crippen molar-refractivity contribution in [1.82, 2.24) is 0 Å². The van der Waals surface area contributed by atoms with E-state index in [2.05, 4.69) is 0 Å². The topological polar surface area (TPSA) is 126 Å². The molecule has 3 rings (SSSR count). The molecule has 0 amide bonds. The van der Waals surface area contributed by atoms with Crippen molar-refractivity contribution in [2.45, 2.75) is 50.5 Å². The number of benzene rings is 2. The Balaban J connectivity index is 1.93. The molecule has 2 aromatic rings. The van der Waals surface area contributed by atoms with E-state index in [4.69, 9.17) is 14.2 Å². The predicted octanol–water partition coefficient (Wildman–Crippen LogP) is 0.698. The van der Waals surface area contributed by atoms with E-state index in [1.165, 1.54) is 6.92 Å². The second kappa shape index (κ2) is 9.76. The number of aliphatic hydroxyl groups is 4. The lowest BCUT2D eigenvalue weighted by molar-refractivity contribution is -0.315. The summed E-state index contributed by atoms with van der Waals surface area (Å²) < 4.78 is 16.2. The van der Waals surface area contributed by atoms with E-state index in [1.54, 1.807) is 12.1 Å². The third-order valence-corrected chi connectivity index (χ3v) is 5.32.